The van der Waals surface area contributed by atoms with Gasteiger partial charge in [-0.25, -0.2) is 0 Å². The summed E-state index contributed by atoms with van der Waals surface area (Å²) >= 11 is 24.6. The highest BCUT2D eigenvalue weighted by atomic mass is 35.5. The third-order valence-corrected chi connectivity index (χ3v) is 4.69. The Balaban J connectivity index is 2.38. The van der Waals surface area contributed by atoms with Crippen molar-refractivity contribution < 1.29 is 0 Å². The van der Waals surface area contributed by atoms with E-state index in [9.17, 15) is 0 Å². The Labute approximate surface area is 124 Å². The Morgan fingerprint density at radius 1 is 0.944 bits per heavy atom. The van der Waals surface area contributed by atoms with Gasteiger partial charge in [0.25, 0.3) is 0 Å². The molecule has 0 atom stereocenters. The van der Waals surface area contributed by atoms with Gasteiger partial charge in [-0.2, -0.15) is 0 Å². The molecule has 18 heavy (non-hydrogen) atoms. The first-order chi connectivity index (χ1) is 8.50. The zero-order valence-corrected chi connectivity index (χ0v) is 12.1. The molecular weight excluding hydrogens is 312 g/mol. The van der Waals surface area contributed by atoms with Gasteiger partial charge in [-0.15, -0.1) is 0 Å². The van der Waals surface area contributed by atoms with Crippen molar-refractivity contribution in [2.24, 2.45) is 0 Å². The van der Waals surface area contributed by atoms with Crippen LogP contribution in [0.2, 0.25) is 20.1 Å². The minimum absolute atomic E-state index is 0.309. The van der Waals surface area contributed by atoms with Gasteiger partial charge in [-0.3, -0.25) is 0 Å². The van der Waals surface area contributed by atoms with Gasteiger partial charge in [0, 0.05) is 17.0 Å². The third kappa shape index (κ3) is 1.62. The molecule has 1 aliphatic rings. The van der Waals surface area contributed by atoms with Crippen LogP contribution in [0, 0.1) is 0 Å². The Kier molecular flexibility index (Phi) is 2.91. The van der Waals surface area contributed by atoms with E-state index in [1.807, 2.05) is 18.2 Å². The van der Waals surface area contributed by atoms with E-state index in [1.165, 1.54) is 0 Å². The lowest BCUT2D eigenvalue weighted by Gasteiger charge is -2.11. The highest BCUT2D eigenvalue weighted by Gasteiger charge is 2.27. The van der Waals surface area contributed by atoms with Gasteiger partial charge in [0.2, 0.25) is 0 Å². The normalized spacial score (nSPS) is 12.4. The highest BCUT2D eigenvalue weighted by molar-refractivity contribution is 6.48. The number of anilines is 1. The molecule has 3 rings (SSSR count). The molecule has 0 aliphatic heterocycles. The smallest absolute Gasteiger partial charge is 0.0843 e. The van der Waals surface area contributed by atoms with Gasteiger partial charge < -0.3 is 5.73 Å². The maximum atomic E-state index is 6.28. The molecule has 0 spiro atoms. The van der Waals surface area contributed by atoms with Crippen molar-refractivity contribution in [1.82, 2.24) is 0 Å². The molecule has 2 aromatic carbocycles. The van der Waals surface area contributed by atoms with E-state index in [-0.39, 0.29) is 0 Å². The second-order valence-electron chi connectivity index (χ2n) is 4.19. The number of benzene rings is 2. The zero-order chi connectivity index (χ0) is 13.0. The molecule has 1 aliphatic carbocycles. The van der Waals surface area contributed by atoms with Crippen molar-refractivity contribution in [2.45, 2.75) is 6.42 Å². The van der Waals surface area contributed by atoms with E-state index >= 15 is 0 Å². The molecule has 0 unspecified atom stereocenters. The van der Waals surface area contributed by atoms with Crippen LogP contribution in [0.25, 0.3) is 11.1 Å². The molecular formula is C13H7Cl4N. The summed E-state index contributed by atoms with van der Waals surface area (Å²) in [6.45, 7) is 0. The molecule has 2 aromatic rings. The molecule has 1 nitrogen and oxygen atoms in total. The third-order valence-electron chi connectivity index (χ3n) is 3.16. The molecule has 0 heterocycles. The van der Waals surface area contributed by atoms with E-state index in [4.69, 9.17) is 52.1 Å². The molecule has 0 amide bonds. The van der Waals surface area contributed by atoms with Gasteiger partial charge in [-0.05, 0) is 28.8 Å². The summed E-state index contributed by atoms with van der Waals surface area (Å²) in [5.74, 6) is 0. The SMILES string of the molecule is Nc1c(Cl)c(Cl)c2c(c1Cl)Cc1cc(Cl)ccc1-2. The predicted octanol–water partition coefficient (Wildman–Crippen LogP) is 5.45. The summed E-state index contributed by atoms with van der Waals surface area (Å²) in [5.41, 5.74) is 10.1. The minimum Gasteiger partial charge on any atom is -0.396 e. The van der Waals surface area contributed by atoms with E-state index in [1.54, 1.807) is 0 Å². The first-order valence-corrected chi connectivity index (χ1v) is 6.75. The van der Waals surface area contributed by atoms with Crippen molar-refractivity contribution in [1.29, 1.82) is 0 Å². The van der Waals surface area contributed by atoms with Gasteiger partial charge in [0.15, 0.2) is 0 Å². The summed E-state index contributed by atoms with van der Waals surface area (Å²) in [6.07, 6.45) is 0.672. The van der Waals surface area contributed by atoms with E-state index < -0.39 is 0 Å². The fourth-order valence-electron chi connectivity index (χ4n) is 2.32. The van der Waals surface area contributed by atoms with Crippen LogP contribution >= 0.6 is 46.4 Å². The molecule has 92 valence electrons. The summed E-state index contributed by atoms with van der Waals surface area (Å²) < 4.78 is 0. The lowest BCUT2D eigenvalue weighted by atomic mass is 10.1. The maximum absolute atomic E-state index is 6.28. The minimum atomic E-state index is 0.309. The van der Waals surface area contributed by atoms with Crippen LogP contribution in [0.5, 0.6) is 0 Å². The van der Waals surface area contributed by atoms with Crippen molar-refractivity contribution in [2.75, 3.05) is 5.73 Å². The lowest BCUT2D eigenvalue weighted by molar-refractivity contribution is 1.26. The first-order valence-electron chi connectivity index (χ1n) is 5.24. The molecule has 0 saturated heterocycles. The fraction of sp³-hybridized carbons (Fsp3) is 0.0769. The average molecular weight is 319 g/mol. The summed E-state index contributed by atoms with van der Waals surface area (Å²) in [6, 6.07) is 5.66. The van der Waals surface area contributed by atoms with Crippen LogP contribution in [-0.4, -0.2) is 0 Å². The number of nitrogen functional groups attached to an aromatic ring is 1. The van der Waals surface area contributed by atoms with Crippen LogP contribution in [0.1, 0.15) is 11.1 Å². The lowest BCUT2D eigenvalue weighted by Crippen LogP contribution is -1.94. The number of fused-ring (bicyclic) bond motifs is 3. The quantitative estimate of drug-likeness (QED) is 0.432. The molecule has 0 aromatic heterocycles. The van der Waals surface area contributed by atoms with Gasteiger partial charge in [-0.1, -0.05) is 52.5 Å². The largest absolute Gasteiger partial charge is 0.396 e. The summed E-state index contributed by atoms with van der Waals surface area (Å²) in [5, 5.41) is 1.93. The second-order valence-corrected chi connectivity index (χ2v) is 5.76. The van der Waals surface area contributed by atoms with Gasteiger partial charge in [0.1, 0.15) is 0 Å². The molecule has 0 saturated carbocycles. The van der Waals surface area contributed by atoms with Gasteiger partial charge >= 0.3 is 0 Å². The van der Waals surface area contributed by atoms with Crippen LogP contribution < -0.4 is 5.73 Å². The first kappa shape index (κ1) is 12.4. The van der Waals surface area contributed by atoms with Gasteiger partial charge in [0.05, 0.1) is 20.8 Å². The Morgan fingerprint density at radius 2 is 1.67 bits per heavy atom. The van der Waals surface area contributed by atoms with Crippen LogP contribution in [-0.2, 0) is 6.42 Å². The average Bonchev–Trinajstić information content (AvgIpc) is 2.72. The zero-order valence-electron chi connectivity index (χ0n) is 9.03. The monoisotopic (exact) mass is 317 g/mol. The van der Waals surface area contributed by atoms with E-state index in [0.29, 0.717) is 32.2 Å². The highest BCUT2D eigenvalue weighted by Crippen LogP contribution is 2.50. The molecule has 5 heteroatoms. The molecule has 2 N–H and O–H groups in total. The van der Waals surface area contributed by atoms with Crippen molar-refractivity contribution >= 4 is 52.1 Å². The molecule has 0 fully saturated rings. The number of hydrogen-bond donors (Lipinski definition) is 1. The summed E-state index contributed by atoms with van der Waals surface area (Å²) in [7, 11) is 0. The van der Waals surface area contributed by atoms with Crippen molar-refractivity contribution in [3.05, 3.63) is 49.4 Å². The Morgan fingerprint density at radius 3 is 2.39 bits per heavy atom. The topological polar surface area (TPSA) is 26.0 Å². The summed E-state index contributed by atoms with van der Waals surface area (Å²) in [4.78, 5) is 0. The fourth-order valence-corrected chi connectivity index (χ4v) is 3.32. The number of hydrogen-bond acceptors (Lipinski definition) is 1. The number of rotatable bonds is 0. The van der Waals surface area contributed by atoms with Crippen molar-refractivity contribution in [3.63, 3.8) is 0 Å². The van der Waals surface area contributed by atoms with Crippen LogP contribution in [0.15, 0.2) is 18.2 Å². The van der Waals surface area contributed by atoms with Crippen LogP contribution in [0.4, 0.5) is 5.69 Å². The second kappa shape index (κ2) is 4.21. The van der Waals surface area contributed by atoms with E-state index in [2.05, 4.69) is 0 Å². The Bertz CT molecular complexity index is 679. The van der Waals surface area contributed by atoms with E-state index in [0.717, 1.165) is 22.3 Å². The number of halogens is 4. The van der Waals surface area contributed by atoms with Crippen LogP contribution in [0.3, 0.4) is 0 Å². The molecule has 0 bridgehead atoms. The van der Waals surface area contributed by atoms with Crippen molar-refractivity contribution in [3.8, 4) is 11.1 Å². The predicted molar refractivity (Wildman–Crippen MR) is 79.1 cm³/mol. The molecule has 0 radical (unpaired) electrons. The maximum Gasteiger partial charge on any atom is 0.0843 e. The number of nitrogens with two attached hydrogens (primary N) is 1. The standard InChI is InChI=1S/C13H7Cl4N/c14-6-1-2-7-5(3-6)4-8-9(7)11(16)12(17)13(18)10(8)15/h1-3H,4,18H2. The Hall–Kier alpha value is -0.600.